The number of hydrogen-bond donors (Lipinski definition) is 1. The first-order chi connectivity index (χ1) is 12.4. The summed E-state index contributed by atoms with van der Waals surface area (Å²) < 4.78 is 26.8. The van der Waals surface area contributed by atoms with Crippen LogP contribution in [0.1, 0.15) is 24.8 Å². The molecule has 1 N–H and O–H groups in total. The number of nitrogens with one attached hydrogen (secondary N) is 1. The Balaban J connectivity index is 1.63. The molecule has 1 saturated heterocycles. The monoisotopic (exact) mass is 392 g/mol. The molecule has 0 atom stereocenters. The Bertz CT molecular complexity index is 859. The largest absolute Gasteiger partial charge is 0.326 e. The van der Waals surface area contributed by atoms with Gasteiger partial charge in [-0.2, -0.15) is 4.31 Å². The molecule has 0 unspecified atom stereocenters. The van der Waals surface area contributed by atoms with E-state index in [2.05, 4.69) is 5.32 Å². The third-order valence-corrected chi connectivity index (χ3v) is 6.53. The van der Waals surface area contributed by atoms with Gasteiger partial charge in [0.05, 0.1) is 11.3 Å². The molecule has 1 aliphatic heterocycles. The highest BCUT2D eigenvalue weighted by molar-refractivity contribution is 7.89. The van der Waals surface area contributed by atoms with Crippen molar-refractivity contribution in [1.29, 1.82) is 0 Å². The van der Waals surface area contributed by atoms with Crippen molar-refractivity contribution >= 4 is 33.2 Å². The number of anilines is 1. The van der Waals surface area contributed by atoms with Gasteiger partial charge in [0.25, 0.3) is 0 Å². The summed E-state index contributed by atoms with van der Waals surface area (Å²) in [5.41, 5.74) is 1.43. The van der Waals surface area contributed by atoms with Gasteiger partial charge in [0.1, 0.15) is 0 Å². The normalized spacial score (nSPS) is 15.6. The summed E-state index contributed by atoms with van der Waals surface area (Å²) in [5.74, 6) is -0.168. The van der Waals surface area contributed by atoms with Crippen LogP contribution in [-0.2, 0) is 21.2 Å². The molecule has 26 heavy (non-hydrogen) atoms. The van der Waals surface area contributed by atoms with Crippen LogP contribution in [0.15, 0.2) is 53.4 Å². The number of piperidine rings is 1. The van der Waals surface area contributed by atoms with Crippen LogP contribution in [0.25, 0.3) is 0 Å². The zero-order valence-electron chi connectivity index (χ0n) is 14.3. The minimum atomic E-state index is -3.45. The van der Waals surface area contributed by atoms with Gasteiger partial charge in [0, 0.05) is 23.8 Å². The summed E-state index contributed by atoms with van der Waals surface area (Å²) in [6.07, 6.45) is 3.10. The second kappa shape index (κ2) is 8.20. The molecule has 5 nitrogen and oxygen atoms in total. The topological polar surface area (TPSA) is 66.5 Å². The van der Waals surface area contributed by atoms with E-state index in [4.69, 9.17) is 11.6 Å². The molecule has 138 valence electrons. The predicted octanol–water partition coefficient (Wildman–Crippen LogP) is 3.70. The second-order valence-electron chi connectivity index (χ2n) is 6.34. The van der Waals surface area contributed by atoms with Crippen LogP contribution in [0, 0.1) is 0 Å². The Morgan fingerprint density at radius 1 is 0.962 bits per heavy atom. The van der Waals surface area contributed by atoms with Crippen LogP contribution in [0.2, 0.25) is 5.02 Å². The van der Waals surface area contributed by atoms with Gasteiger partial charge in [0.15, 0.2) is 0 Å². The number of benzene rings is 2. The number of rotatable bonds is 5. The van der Waals surface area contributed by atoms with Gasteiger partial charge < -0.3 is 5.32 Å². The summed E-state index contributed by atoms with van der Waals surface area (Å²) >= 11 is 5.83. The van der Waals surface area contributed by atoms with E-state index in [1.165, 1.54) is 4.31 Å². The minimum absolute atomic E-state index is 0.168. The smallest absolute Gasteiger partial charge is 0.243 e. The Morgan fingerprint density at radius 3 is 2.19 bits per heavy atom. The van der Waals surface area contributed by atoms with Crippen molar-refractivity contribution in [3.8, 4) is 0 Å². The lowest BCUT2D eigenvalue weighted by atomic mass is 10.1. The molecule has 1 amide bonds. The molecule has 2 aromatic carbocycles. The van der Waals surface area contributed by atoms with Crippen LogP contribution in [0.3, 0.4) is 0 Å². The molecule has 0 bridgehead atoms. The summed E-state index contributed by atoms with van der Waals surface area (Å²) in [7, 11) is -3.45. The molecule has 0 saturated carbocycles. The SMILES string of the molecule is O=C(Cc1ccc(Cl)cc1)Nc1ccc(S(=O)(=O)N2CCCCC2)cc1. The van der Waals surface area contributed by atoms with Gasteiger partial charge in [-0.05, 0) is 54.8 Å². The molecule has 1 heterocycles. The summed E-state index contributed by atoms with van der Waals surface area (Å²) in [6, 6.07) is 13.4. The maximum atomic E-state index is 12.6. The van der Waals surface area contributed by atoms with Crippen LogP contribution >= 0.6 is 11.6 Å². The van der Waals surface area contributed by atoms with Crippen LogP contribution in [-0.4, -0.2) is 31.7 Å². The highest BCUT2D eigenvalue weighted by Gasteiger charge is 2.25. The van der Waals surface area contributed by atoms with Crippen molar-refractivity contribution in [2.45, 2.75) is 30.6 Å². The maximum Gasteiger partial charge on any atom is 0.243 e. The van der Waals surface area contributed by atoms with E-state index in [1.54, 1.807) is 48.5 Å². The van der Waals surface area contributed by atoms with E-state index < -0.39 is 10.0 Å². The number of sulfonamides is 1. The first-order valence-electron chi connectivity index (χ1n) is 8.60. The molecule has 2 aromatic rings. The molecule has 0 aliphatic carbocycles. The fourth-order valence-corrected chi connectivity index (χ4v) is 4.60. The molecule has 0 spiro atoms. The number of carbonyl (C=O) groups is 1. The molecular formula is C19H21ClN2O3S. The maximum absolute atomic E-state index is 12.6. The average Bonchev–Trinajstić information content (AvgIpc) is 2.65. The number of nitrogens with zero attached hydrogens (tertiary/aromatic N) is 1. The Morgan fingerprint density at radius 2 is 1.58 bits per heavy atom. The van der Waals surface area contributed by atoms with Crippen LogP contribution < -0.4 is 5.32 Å². The quantitative estimate of drug-likeness (QED) is 0.843. The fraction of sp³-hybridized carbons (Fsp3) is 0.316. The van der Waals surface area contributed by atoms with Gasteiger partial charge in [-0.3, -0.25) is 4.79 Å². The van der Waals surface area contributed by atoms with Crippen molar-refractivity contribution in [3.05, 3.63) is 59.1 Å². The third kappa shape index (κ3) is 4.63. The van der Waals surface area contributed by atoms with Gasteiger partial charge in [0.2, 0.25) is 15.9 Å². The lowest BCUT2D eigenvalue weighted by molar-refractivity contribution is -0.115. The van der Waals surface area contributed by atoms with E-state index in [0.717, 1.165) is 24.8 Å². The van der Waals surface area contributed by atoms with Crippen molar-refractivity contribution in [1.82, 2.24) is 4.31 Å². The van der Waals surface area contributed by atoms with E-state index in [0.29, 0.717) is 23.8 Å². The van der Waals surface area contributed by atoms with E-state index >= 15 is 0 Å². The molecule has 0 aromatic heterocycles. The van der Waals surface area contributed by atoms with Crippen molar-refractivity contribution in [3.63, 3.8) is 0 Å². The number of hydrogen-bond acceptors (Lipinski definition) is 3. The van der Waals surface area contributed by atoms with Crippen molar-refractivity contribution < 1.29 is 13.2 Å². The third-order valence-electron chi connectivity index (χ3n) is 4.37. The Labute approximate surface area is 159 Å². The predicted molar refractivity (Wildman–Crippen MR) is 103 cm³/mol. The van der Waals surface area contributed by atoms with Crippen molar-refractivity contribution in [2.75, 3.05) is 18.4 Å². The van der Waals surface area contributed by atoms with E-state index in [-0.39, 0.29) is 17.2 Å². The summed E-state index contributed by atoms with van der Waals surface area (Å²) in [4.78, 5) is 12.4. The summed E-state index contributed by atoms with van der Waals surface area (Å²) in [5, 5.41) is 3.41. The lowest BCUT2D eigenvalue weighted by Gasteiger charge is -2.25. The number of amides is 1. The highest BCUT2D eigenvalue weighted by Crippen LogP contribution is 2.22. The van der Waals surface area contributed by atoms with Gasteiger partial charge in [-0.15, -0.1) is 0 Å². The molecule has 3 rings (SSSR count). The minimum Gasteiger partial charge on any atom is -0.326 e. The first kappa shape index (κ1) is 18.9. The number of carbonyl (C=O) groups excluding carboxylic acids is 1. The van der Waals surface area contributed by atoms with Gasteiger partial charge >= 0.3 is 0 Å². The Hall–Kier alpha value is -1.89. The molecule has 7 heteroatoms. The van der Waals surface area contributed by atoms with Crippen LogP contribution in [0.4, 0.5) is 5.69 Å². The molecular weight excluding hydrogens is 372 g/mol. The Kier molecular flexibility index (Phi) is 5.96. The second-order valence-corrected chi connectivity index (χ2v) is 8.71. The van der Waals surface area contributed by atoms with Gasteiger partial charge in [-0.25, -0.2) is 8.42 Å². The van der Waals surface area contributed by atoms with Crippen LogP contribution in [0.5, 0.6) is 0 Å². The zero-order valence-corrected chi connectivity index (χ0v) is 15.9. The molecule has 1 fully saturated rings. The number of halogens is 1. The van der Waals surface area contributed by atoms with E-state index in [1.807, 2.05) is 0 Å². The van der Waals surface area contributed by atoms with Gasteiger partial charge in [-0.1, -0.05) is 30.2 Å². The first-order valence-corrected chi connectivity index (χ1v) is 10.4. The zero-order chi connectivity index (χ0) is 18.6. The fourth-order valence-electron chi connectivity index (χ4n) is 2.96. The lowest BCUT2D eigenvalue weighted by Crippen LogP contribution is -2.35. The summed E-state index contributed by atoms with van der Waals surface area (Å²) in [6.45, 7) is 1.14. The van der Waals surface area contributed by atoms with Crippen molar-refractivity contribution in [2.24, 2.45) is 0 Å². The average molecular weight is 393 g/mol. The molecule has 1 aliphatic rings. The highest BCUT2D eigenvalue weighted by atomic mass is 35.5. The van der Waals surface area contributed by atoms with E-state index in [9.17, 15) is 13.2 Å². The molecule has 0 radical (unpaired) electrons. The standard InChI is InChI=1S/C19H21ClN2O3S/c20-16-6-4-15(5-7-16)14-19(23)21-17-8-10-18(11-9-17)26(24,25)22-12-2-1-3-13-22/h4-11H,1-3,12-14H2,(H,21,23).